The fourth-order valence-corrected chi connectivity index (χ4v) is 15.4. The van der Waals surface area contributed by atoms with Crippen LogP contribution in [0.4, 0.5) is 0 Å². The van der Waals surface area contributed by atoms with E-state index in [0.29, 0.717) is 22.5 Å². The Morgan fingerprint density at radius 2 is 0.479 bits per heavy atom. The van der Waals surface area contributed by atoms with Crippen molar-refractivity contribution in [2.45, 2.75) is 0 Å². The van der Waals surface area contributed by atoms with Crippen LogP contribution in [0.2, 0.25) is 0 Å². The Bertz CT molecular complexity index is 6370. The molecule has 0 bridgehead atoms. The van der Waals surface area contributed by atoms with Crippen molar-refractivity contribution in [2.24, 2.45) is 0 Å². The van der Waals surface area contributed by atoms with Crippen molar-refractivity contribution in [3.05, 3.63) is 345 Å². The van der Waals surface area contributed by atoms with E-state index in [1.54, 1.807) is 0 Å². The van der Waals surface area contributed by atoms with Gasteiger partial charge in [0.15, 0.2) is 0 Å². The van der Waals surface area contributed by atoms with E-state index in [1.807, 2.05) is 6.07 Å². The van der Waals surface area contributed by atoms with Crippen molar-refractivity contribution in [2.75, 3.05) is 0 Å². The van der Waals surface area contributed by atoms with E-state index in [9.17, 15) is 5.26 Å². The zero-order valence-corrected chi connectivity index (χ0v) is 52.0. The number of para-hydroxylation sites is 4. The lowest BCUT2D eigenvalue weighted by Gasteiger charge is -2.29. The molecule has 0 N–H and O–H groups in total. The maximum Gasteiger partial charge on any atom is 0.102 e. The molecule has 446 valence electrons. The maximum atomic E-state index is 13.3. The maximum absolute atomic E-state index is 13.3. The highest BCUT2D eigenvalue weighted by molar-refractivity contribution is 6.18. The van der Waals surface area contributed by atoms with Gasteiger partial charge in [-0.05, 0) is 129 Å². The minimum Gasteiger partial charge on any atom is -0.306 e. The van der Waals surface area contributed by atoms with Crippen LogP contribution >= 0.6 is 0 Å². The number of nitriles is 1. The predicted molar refractivity (Wildman–Crippen MR) is 399 cm³/mol. The van der Waals surface area contributed by atoms with Crippen molar-refractivity contribution in [1.29, 1.82) is 5.26 Å². The number of rotatable bonds is 10. The molecule has 0 aliphatic heterocycles. The summed E-state index contributed by atoms with van der Waals surface area (Å²) < 4.78 is 9.89. The lowest BCUT2D eigenvalue weighted by atomic mass is 9.94. The molecule has 0 aliphatic rings. The van der Waals surface area contributed by atoms with Gasteiger partial charge >= 0.3 is 0 Å². The Morgan fingerprint density at radius 3 is 0.823 bits per heavy atom. The van der Waals surface area contributed by atoms with Crippen molar-refractivity contribution in [3.63, 3.8) is 0 Å². The van der Waals surface area contributed by atoms with Crippen LogP contribution in [0.3, 0.4) is 0 Å². The Morgan fingerprint density at radius 1 is 0.208 bits per heavy atom. The number of aromatic nitrogens is 5. The summed E-state index contributed by atoms with van der Waals surface area (Å²) in [6.07, 6.45) is 0. The molecule has 19 aromatic rings. The van der Waals surface area contributed by atoms with E-state index in [4.69, 9.17) is 4.98 Å². The van der Waals surface area contributed by atoms with E-state index in [2.05, 4.69) is 358 Å². The second-order valence-electron chi connectivity index (χ2n) is 24.8. The third-order valence-electron chi connectivity index (χ3n) is 19.6. The average molecular weight is 1220 g/mol. The first kappa shape index (κ1) is 54.6. The first-order valence-corrected chi connectivity index (χ1v) is 32.7. The smallest absolute Gasteiger partial charge is 0.102 e. The van der Waals surface area contributed by atoms with Crippen molar-refractivity contribution < 1.29 is 0 Å². The van der Waals surface area contributed by atoms with Crippen LogP contribution in [-0.2, 0) is 0 Å². The predicted octanol–water partition coefficient (Wildman–Crippen LogP) is 23.3. The van der Waals surface area contributed by atoms with Crippen molar-refractivity contribution in [1.82, 2.24) is 23.3 Å². The molecular formula is C90H56N6. The van der Waals surface area contributed by atoms with Gasteiger partial charge < -0.3 is 18.3 Å². The molecule has 6 nitrogen and oxygen atoms in total. The van der Waals surface area contributed by atoms with E-state index < -0.39 is 0 Å². The molecule has 0 fully saturated rings. The second kappa shape index (κ2) is 22.1. The van der Waals surface area contributed by atoms with Crippen LogP contribution in [0.5, 0.6) is 0 Å². The van der Waals surface area contributed by atoms with Crippen LogP contribution in [-0.4, -0.2) is 23.3 Å². The summed E-state index contributed by atoms with van der Waals surface area (Å²) >= 11 is 0. The van der Waals surface area contributed by atoms with Gasteiger partial charge in [-0.15, -0.1) is 0 Å². The third kappa shape index (κ3) is 8.48. The van der Waals surface area contributed by atoms with Crippen LogP contribution in [0.1, 0.15) is 5.56 Å². The minimum absolute atomic E-state index is 0.460. The molecular weight excluding hydrogens is 1170 g/mol. The zero-order valence-electron chi connectivity index (χ0n) is 52.0. The van der Waals surface area contributed by atoms with E-state index in [0.717, 1.165) is 160 Å². The van der Waals surface area contributed by atoms with Gasteiger partial charge in [0, 0.05) is 54.2 Å². The number of pyridine rings is 1. The molecule has 0 amide bonds. The highest BCUT2D eigenvalue weighted by Gasteiger charge is 2.36. The summed E-state index contributed by atoms with van der Waals surface area (Å²) in [5.74, 6) is 0. The van der Waals surface area contributed by atoms with Gasteiger partial charge in [0.2, 0.25) is 0 Å². The summed E-state index contributed by atoms with van der Waals surface area (Å²) in [5, 5.41) is 21.9. The first-order valence-electron chi connectivity index (χ1n) is 32.7. The molecule has 5 aromatic heterocycles. The molecule has 0 spiro atoms. The molecule has 19 rings (SSSR count). The summed E-state index contributed by atoms with van der Waals surface area (Å²) in [6, 6.07) is 125. The Balaban J connectivity index is 1.10. The fourth-order valence-electron chi connectivity index (χ4n) is 15.4. The number of benzene rings is 14. The van der Waals surface area contributed by atoms with E-state index in [1.165, 1.54) is 0 Å². The summed E-state index contributed by atoms with van der Waals surface area (Å²) in [5.41, 5.74) is 23.5. The quantitative estimate of drug-likeness (QED) is 0.137. The highest BCUT2D eigenvalue weighted by Crippen LogP contribution is 2.53. The largest absolute Gasteiger partial charge is 0.306 e. The second-order valence-corrected chi connectivity index (χ2v) is 24.8. The molecule has 96 heavy (non-hydrogen) atoms. The van der Waals surface area contributed by atoms with Gasteiger partial charge in [-0.3, -0.25) is 0 Å². The highest BCUT2D eigenvalue weighted by atomic mass is 15.1. The minimum atomic E-state index is 0.460. The summed E-state index contributed by atoms with van der Waals surface area (Å²) in [7, 11) is 0. The third-order valence-corrected chi connectivity index (χ3v) is 19.6. The van der Waals surface area contributed by atoms with E-state index >= 15 is 0 Å². The molecule has 0 radical (unpaired) electrons. The molecule has 0 aliphatic carbocycles. The average Bonchev–Trinajstić information content (AvgIpc) is 1.44. The van der Waals surface area contributed by atoms with Gasteiger partial charge in [-0.2, -0.15) is 5.26 Å². The van der Waals surface area contributed by atoms with Gasteiger partial charge in [0.05, 0.1) is 83.8 Å². The van der Waals surface area contributed by atoms with Gasteiger partial charge in [0.1, 0.15) is 6.07 Å². The van der Waals surface area contributed by atoms with E-state index in [-0.39, 0.29) is 0 Å². The van der Waals surface area contributed by atoms with Crippen molar-refractivity contribution >= 4 is 87.2 Å². The molecule has 0 atom stereocenters. The number of nitrogens with zero attached hydrogens (tertiary/aromatic N) is 6. The standard InChI is InChI=1S/C90H56N6/c91-57-75-86(77-40-24-39-76(92-77)62-33-14-5-15-34-62)88(94-79-42-21-17-36-68(79)72-54-64(46-50-83(72)94)59-27-8-2-9-28-59)90(96-81-44-23-19-38-70(81)74-56-66(48-52-85(74)96)61-31-12-4-13-32-61)89(95-80-43-22-18-37-69(80)73-55-65(47-51-84(73)95)60-29-10-3-11-30-60)87(75)93-78-41-20-16-35-67(78)71-53-63(45-49-82(71)93)58-25-6-1-7-26-58/h1-56H. The molecule has 14 aromatic carbocycles. The van der Waals surface area contributed by atoms with Crippen molar-refractivity contribution in [3.8, 4) is 95.8 Å². The fraction of sp³-hybridized carbons (Fsp3) is 0. The van der Waals surface area contributed by atoms with Crippen LogP contribution in [0, 0.1) is 11.3 Å². The molecule has 6 heteroatoms. The molecule has 0 saturated heterocycles. The lowest BCUT2D eigenvalue weighted by Crippen LogP contribution is -2.17. The monoisotopic (exact) mass is 1220 g/mol. The Hall–Kier alpha value is -13.1. The molecule has 5 heterocycles. The lowest BCUT2D eigenvalue weighted by molar-refractivity contribution is 1.02. The molecule has 0 unspecified atom stereocenters. The summed E-state index contributed by atoms with van der Waals surface area (Å²) in [4.78, 5) is 5.83. The zero-order chi connectivity index (χ0) is 63.4. The normalized spacial score (nSPS) is 11.7. The first-order chi connectivity index (χ1) is 47.6. The molecule has 0 saturated carbocycles. The Labute approximate surface area is 553 Å². The Kier molecular flexibility index (Phi) is 12.6. The van der Waals surface area contributed by atoms with Gasteiger partial charge in [-0.1, -0.05) is 255 Å². The number of hydrogen-bond donors (Lipinski definition) is 0. The van der Waals surface area contributed by atoms with Crippen LogP contribution in [0.15, 0.2) is 340 Å². The number of fused-ring (bicyclic) bond motifs is 12. The SMILES string of the molecule is N#Cc1c(-c2cccc(-c3ccccc3)n2)c(-n2c3ccccc3c3cc(-c4ccccc4)ccc32)c(-n2c3ccccc3c3cc(-c4ccccc4)ccc32)c(-n2c3ccccc3c3cc(-c4ccccc4)ccc32)c1-n1c2ccccc2c2cc(-c3ccccc3)ccc21. The van der Waals surface area contributed by atoms with Gasteiger partial charge in [-0.25, -0.2) is 4.98 Å². The number of hydrogen-bond acceptors (Lipinski definition) is 2. The summed E-state index contributed by atoms with van der Waals surface area (Å²) in [6.45, 7) is 0. The van der Waals surface area contributed by atoms with Crippen LogP contribution < -0.4 is 0 Å². The van der Waals surface area contributed by atoms with Gasteiger partial charge in [0.25, 0.3) is 0 Å². The topological polar surface area (TPSA) is 56.4 Å². The van der Waals surface area contributed by atoms with Crippen LogP contribution in [0.25, 0.3) is 177 Å².